The average Bonchev–Trinajstić information content (AvgIpc) is 1.76. The number of ketones is 4. The maximum absolute atomic E-state index is 9.44. The molecular formula is C12H24CoO4+3. The number of carbonyl (C=O) groups excluding carboxylic acids is 4. The first-order valence-corrected chi connectivity index (χ1v) is 4.82. The minimum absolute atomic E-state index is 0. The molecule has 0 radical (unpaired) electrons. The molecule has 0 N–H and O–H groups in total. The van der Waals surface area contributed by atoms with E-state index in [1.807, 2.05) is 0 Å². The van der Waals surface area contributed by atoms with Crippen molar-refractivity contribution in [1.82, 2.24) is 0 Å². The van der Waals surface area contributed by atoms with Crippen molar-refractivity contribution < 1.29 is 36.0 Å². The van der Waals surface area contributed by atoms with Gasteiger partial charge in [-0.3, -0.25) is 0 Å². The smallest absolute Gasteiger partial charge is 0.300 e. The predicted molar refractivity (Wildman–Crippen MR) is 65.4 cm³/mol. The minimum Gasteiger partial charge on any atom is -0.300 e. The van der Waals surface area contributed by atoms with Crippen LogP contribution in [0.2, 0.25) is 0 Å². The molecule has 0 bridgehead atoms. The Labute approximate surface area is 115 Å². The van der Waals surface area contributed by atoms with Crippen LogP contribution in [-0.2, 0) is 36.0 Å². The molecule has 5 heteroatoms. The van der Waals surface area contributed by atoms with E-state index in [0.29, 0.717) is 0 Å². The van der Waals surface area contributed by atoms with E-state index >= 15 is 0 Å². The number of Topliss-reactive ketones (excluding diaryl/α,β-unsaturated/α-hetero) is 4. The first kappa shape index (κ1) is 29.8. The van der Waals surface area contributed by atoms with E-state index in [-0.39, 0.29) is 39.9 Å². The number of rotatable bonds is 0. The van der Waals surface area contributed by atoms with Gasteiger partial charge in [-0.05, 0) is 55.4 Å². The van der Waals surface area contributed by atoms with Crippen molar-refractivity contribution >= 4 is 23.1 Å². The minimum atomic E-state index is 0. The first-order valence-electron chi connectivity index (χ1n) is 4.82. The summed E-state index contributed by atoms with van der Waals surface area (Å²) in [6.45, 7) is 12.2. The summed E-state index contributed by atoms with van der Waals surface area (Å²) in [5.74, 6) is 0.667. The van der Waals surface area contributed by atoms with Crippen molar-refractivity contribution in [3.05, 3.63) is 0 Å². The molecule has 0 saturated heterocycles. The monoisotopic (exact) mass is 291 g/mol. The molecule has 0 unspecified atom stereocenters. The number of carbonyl (C=O) groups is 4. The molecular weight excluding hydrogens is 267 g/mol. The summed E-state index contributed by atoms with van der Waals surface area (Å²) >= 11 is 0. The van der Waals surface area contributed by atoms with E-state index in [4.69, 9.17) is 0 Å². The molecule has 0 aromatic rings. The standard InChI is InChI=1S/4C3H6O.Co/c4*1-3(2)4;/h4*1-2H3;/q;;;;+3. The van der Waals surface area contributed by atoms with Crippen LogP contribution in [0, 0.1) is 0 Å². The van der Waals surface area contributed by atoms with Crippen molar-refractivity contribution in [3.63, 3.8) is 0 Å². The molecule has 0 spiro atoms. The third-order valence-electron chi connectivity index (χ3n) is 0. The zero-order valence-electron chi connectivity index (χ0n) is 12.0. The number of hydrogen-bond donors (Lipinski definition) is 0. The Kier molecular flexibility index (Phi) is 42.9. The van der Waals surface area contributed by atoms with E-state index in [9.17, 15) is 19.2 Å². The van der Waals surface area contributed by atoms with Crippen LogP contribution < -0.4 is 0 Å². The summed E-state index contributed by atoms with van der Waals surface area (Å²) in [4.78, 5) is 37.8. The van der Waals surface area contributed by atoms with Gasteiger partial charge in [0, 0.05) is 0 Å². The molecule has 0 fully saturated rings. The molecule has 0 aromatic heterocycles. The van der Waals surface area contributed by atoms with Crippen molar-refractivity contribution in [1.29, 1.82) is 0 Å². The van der Waals surface area contributed by atoms with E-state index in [0.717, 1.165) is 0 Å². The molecule has 102 valence electrons. The van der Waals surface area contributed by atoms with Crippen molar-refractivity contribution in [2.24, 2.45) is 0 Å². The topological polar surface area (TPSA) is 68.3 Å². The molecule has 0 aliphatic carbocycles. The average molecular weight is 291 g/mol. The largest absolute Gasteiger partial charge is 3.00 e. The predicted octanol–water partition coefficient (Wildman–Crippen LogP) is 2.38. The zero-order chi connectivity index (χ0) is 14.3. The summed E-state index contributed by atoms with van der Waals surface area (Å²) in [6, 6.07) is 0. The molecule has 4 nitrogen and oxygen atoms in total. The Bertz CT molecular complexity index is 159. The van der Waals surface area contributed by atoms with Gasteiger partial charge in [-0.25, -0.2) is 0 Å². The molecule has 0 amide bonds. The van der Waals surface area contributed by atoms with Crippen LogP contribution in [0.1, 0.15) is 55.4 Å². The Morgan fingerprint density at radius 3 is 0.412 bits per heavy atom. The second kappa shape index (κ2) is 24.4. The Morgan fingerprint density at radius 2 is 0.412 bits per heavy atom. The molecule has 0 aliphatic heterocycles. The fraction of sp³-hybridized carbons (Fsp3) is 0.667. The van der Waals surface area contributed by atoms with Crippen molar-refractivity contribution in [3.8, 4) is 0 Å². The van der Waals surface area contributed by atoms with E-state index in [1.165, 1.54) is 55.4 Å². The van der Waals surface area contributed by atoms with Crippen LogP contribution >= 0.6 is 0 Å². The second-order valence-electron chi connectivity index (χ2n) is 3.63. The third-order valence-corrected chi connectivity index (χ3v) is 0. The fourth-order valence-electron chi connectivity index (χ4n) is 0. The van der Waals surface area contributed by atoms with Crippen LogP contribution in [0.4, 0.5) is 0 Å². The molecule has 17 heavy (non-hydrogen) atoms. The molecule has 0 aliphatic rings. The molecule has 0 saturated carbocycles. The SMILES string of the molecule is CC(C)=O.CC(C)=O.CC(C)=O.CC(C)=O.[Co+3]. The summed E-state index contributed by atoms with van der Waals surface area (Å²) in [6.07, 6.45) is 0. The first-order chi connectivity index (χ1) is 6.93. The van der Waals surface area contributed by atoms with Gasteiger partial charge in [0.25, 0.3) is 0 Å². The fourth-order valence-corrected chi connectivity index (χ4v) is 0. The van der Waals surface area contributed by atoms with Gasteiger partial charge in [0.05, 0.1) is 0 Å². The molecule has 0 atom stereocenters. The van der Waals surface area contributed by atoms with Crippen molar-refractivity contribution in [2.45, 2.75) is 55.4 Å². The Morgan fingerprint density at radius 1 is 0.412 bits per heavy atom. The maximum Gasteiger partial charge on any atom is 3.00 e. The van der Waals surface area contributed by atoms with Crippen molar-refractivity contribution in [2.75, 3.05) is 0 Å². The third kappa shape index (κ3) is 3990. The van der Waals surface area contributed by atoms with Gasteiger partial charge in [-0.2, -0.15) is 0 Å². The van der Waals surface area contributed by atoms with E-state index in [1.54, 1.807) is 0 Å². The normalized spacial score (nSPS) is 6.12. The van der Waals surface area contributed by atoms with Gasteiger partial charge in [-0.1, -0.05) is 0 Å². The van der Waals surface area contributed by atoms with E-state index < -0.39 is 0 Å². The van der Waals surface area contributed by atoms with Crippen LogP contribution in [0.25, 0.3) is 0 Å². The van der Waals surface area contributed by atoms with E-state index in [2.05, 4.69) is 0 Å². The molecule has 0 rings (SSSR count). The zero-order valence-corrected chi connectivity index (χ0v) is 13.0. The van der Waals surface area contributed by atoms with Crippen LogP contribution in [-0.4, -0.2) is 23.1 Å². The van der Waals surface area contributed by atoms with Crippen LogP contribution in [0.5, 0.6) is 0 Å². The second-order valence-corrected chi connectivity index (χ2v) is 3.63. The Balaban J connectivity index is -0.0000000369. The summed E-state index contributed by atoms with van der Waals surface area (Å²) in [5, 5.41) is 0. The summed E-state index contributed by atoms with van der Waals surface area (Å²) < 4.78 is 0. The van der Waals surface area contributed by atoms with Crippen LogP contribution in [0.3, 0.4) is 0 Å². The van der Waals surface area contributed by atoms with Gasteiger partial charge in [0.15, 0.2) is 0 Å². The Hall–Kier alpha value is -0.814. The van der Waals surface area contributed by atoms with Gasteiger partial charge in [0.1, 0.15) is 23.1 Å². The van der Waals surface area contributed by atoms with Crippen LogP contribution in [0.15, 0.2) is 0 Å². The van der Waals surface area contributed by atoms with Gasteiger partial charge in [0.2, 0.25) is 0 Å². The maximum atomic E-state index is 9.44. The van der Waals surface area contributed by atoms with Gasteiger partial charge in [-0.15, -0.1) is 0 Å². The summed E-state index contributed by atoms with van der Waals surface area (Å²) in [5.41, 5.74) is 0. The quantitative estimate of drug-likeness (QED) is 0.687. The van der Waals surface area contributed by atoms with Gasteiger partial charge < -0.3 is 19.2 Å². The summed E-state index contributed by atoms with van der Waals surface area (Å²) in [7, 11) is 0. The molecule has 0 aromatic carbocycles. The van der Waals surface area contributed by atoms with Gasteiger partial charge >= 0.3 is 16.8 Å². The number of hydrogen-bond acceptors (Lipinski definition) is 4. The molecule has 0 heterocycles.